The van der Waals surface area contributed by atoms with Crippen molar-refractivity contribution in [2.75, 3.05) is 24.6 Å². The Morgan fingerprint density at radius 1 is 1.61 bits per heavy atom. The van der Waals surface area contributed by atoms with Gasteiger partial charge in [-0.05, 0) is 25.1 Å². The zero-order chi connectivity index (χ0) is 13.1. The molecule has 0 amide bonds. The predicted molar refractivity (Wildman–Crippen MR) is 66.5 cm³/mol. The van der Waals surface area contributed by atoms with Crippen molar-refractivity contribution in [3.63, 3.8) is 0 Å². The van der Waals surface area contributed by atoms with Gasteiger partial charge in [0.05, 0.1) is 12.7 Å². The van der Waals surface area contributed by atoms with E-state index >= 15 is 0 Å². The Morgan fingerprint density at radius 3 is 3.06 bits per heavy atom. The first-order chi connectivity index (χ1) is 8.61. The molecule has 1 aromatic carbocycles. The normalized spacial score (nSPS) is 21.1. The number of morpholine rings is 1. The number of benzene rings is 1. The Hall–Kier alpha value is -1.82. The zero-order valence-electron chi connectivity index (χ0n) is 10.1. The molecule has 18 heavy (non-hydrogen) atoms. The summed E-state index contributed by atoms with van der Waals surface area (Å²) in [6.07, 6.45) is 0.101. The highest BCUT2D eigenvalue weighted by atomic mass is 19.1. The molecule has 0 aliphatic carbocycles. The lowest BCUT2D eigenvalue weighted by Crippen LogP contribution is -2.42. The van der Waals surface area contributed by atoms with Crippen LogP contribution in [0.4, 0.5) is 10.1 Å². The van der Waals surface area contributed by atoms with Gasteiger partial charge in [-0.1, -0.05) is 5.16 Å². The van der Waals surface area contributed by atoms with E-state index in [2.05, 4.69) is 5.16 Å². The predicted octanol–water partition coefficient (Wildman–Crippen LogP) is 1.15. The standard InChI is InChI=1S/C12H16FN3O2/c1-8-7-16(4-5-18-8)11-3-2-9(13)6-10(11)12(14)15-17/h2-3,6,8,17H,4-5,7H2,1H3,(H2,14,15). The molecule has 1 unspecified atom stereocenters. The smallest absolute Gasteiger partial charge is 0.172 e. The first-order valence-electron chi connectivity index (χ1n) is 5.76. The lowest BCUT2D eigenvalue weighted by Gasteiger charge is -2.34. The summed E-state index contributed by atoms with van der Waals surface area (Å²) in [5.41, 5.74) is 6.73. The number of hydrogen-bond acceptors (Lipinski definition) is 4. The fourth-order valence-electron chi connectivity index (χ4n) is 2.08. The molecule has 1 heterocycles. The number of anilines is 1. The van der Waals surface area contributed by atoms with Crippen LogP contribution in [0.3, 0.4) is 0 Å². The fraction of sp³-hybridized carbons (Fsp3) is 0.417. The largest absolute Gasteiger partial charge is 0.409 e. The third-order valence-corrected chi connectivity index (χ3v) is 2.92. The summed E-state index contributed by atoms with van der Waals surface area (Å²) >= 11 is 0. The number of halogens is 1. The Bertz CT molecular complexity index is 465. The summed E-state index contributed by atoms with van der Waals surface area (Å²) < 4.78 is 18.7. The summed E-state index contributed by atoms with van der Waals surface area (Å²) in [5, 5.41) is 11.7. The minimum atomic E-state index is -0.415. The van der Waals surface area contributed by atoms with E-state index in [1.807, 2.05) is 11.8 Å². The van der Waals surface area contributed by atoms with Gasteiger partial charge < -0.3 is 20.6 Å². The highest BCUT2D eigenvalue weighted by Crippen LogP contribution is 2.23. The number of nitrogens with two attached hydrogens (primary N) is 1. The molecule has 0 spiro atoms. The number of nitrogens with zero attached hydrogens (tertiary/aromatic N) is 2. The molecule has 5 nitrogen and oxygen atoms in total. The lowest BCUT2D eigenvalue weighted by atomic mass is 10.1. The molecule has 0 saturated carbocycles. The topological polar surface area (TPSA) is 71.1 Å². The third kappa shape index (κ3) is 2.53. The van der Waals surface area contributed by atoms with Gasteiger partial charge >= 0.3 is 0 Å². The second kappa shape index (κ2) is 5.22. The molecule has 98 valence electrons. The first kappa shape index (κ1) is 12.6. The average Bonchev–Trinajstić information content (AvgIpc) is 2.37. The van der Waals surface area contributed by atoms with Crippen molar-refractivity contribution in [3.05, 3.63) is 29.6 Å². The maximum atomic E-state index is 13.3. The minimum absolute atomic E-state index is 0.0938. The van der Waals surface area contributed by atoms with Crippen LogP contribution in [0.5, 0.6) is 0 Å². The summed E-state index contributed by atoms with van der Waals surface area (Å²) in [6, 6.07) is 4.27. The molecule has 1 atom stereocenters. The number of oxime groups is 1. The molecular weight excluding hydrogens is 237 g/mol. The van der Waals surface area contributed by atoms with Gasteiger partial charge in [0.1, 0.15) is 5.82 Å². The van der Waals surface area contributed by atoms with Crippen molar-refractivity contribution in [2.24, 2.45) is 10.9 Å². The van der Waals surface area contributed by atoms with Crippen LogP contribution >= 0.6 is 0 Å². The van der Waals surface area contributed by atoms with E-state index in [4.69, 9.17) is 15.7 Å². The Kier molecular flexibility index (Phi) is 3.66. The molecule has 1 aliphatic heterocycles. The highest BCUT2D eigenvalue weighted by Gasteiger charge is 2.20. The molecule has 0 aromatic heterocycles. The van der Waals surface area contributed by atoms with E-state index < -0.39 is 5.82 Å². The van der Waals surface area contributed by atoms with Crippen LogP contribution in [0.25, 0.3) is 0 Å². The molecule has 1 aromatic rings. The Balaban J connectivity index is 2.37. The molecule has 1 aliphatic rings. The number of ether oxygens (including phenoxy) is 1. The van der Waals surface area contributed by atoms with Crippen LogP contribution in [0.15, 0.2) is 23.4 Å². The average molecular weight is 253 g/mol. The first-order valence-corrected chi connectivity index (χ1v) is 5.76. The van der Waals surface area contributed by atoms with E-state index in [-0.39, 0.29) is 11.9 Å². The summed E-state index contributed by atoms with van der Waals surface area (Å²) in [6.45, 7) is 3.96. The number of hydrogen-bond donors (Lipinski definition) is 2. The molecule has 0 radical (unpaired) electrons. The van der Waals surface area contributed by atoms with Gasteiger partial charge in [-0.25, -0.2) is 4.39 Å². The van der Waals surface area contributed by atoms with E-state index in [0.717, 1.165) is 5.69 Å². The molecule has 2 rings (SSSR count). The van der Waals surface area contributed by atoms with Crippen molar-refractivity contribution in [1.82, 2.24) is 0 Å². The molecular formula is C12H16FN3O2. The second-order valence-electron chi connectivity index (χ2n) is 4.27. The van der Waals surface area contributed by atoms with Gasteiger partial charge in [0.25, 0.3) is 0 Å². The second-order valence-corrected chi connectivity index (χ2v) is 4.27. The quantitative estimate of drug-likeness (QED) is 0.359. The van der Waals surface area contributed by atoms with Crippen LogP contribution < -0.4 is 10.6 Å². The summed E-state index contributed by atoms with van der Waals surface area (Å²) in [5.74, 6) is -0.509. The SMILES string of the molecule is CC1CN(c2ccc(F)cc2/C(N)=N/O)CCO1. The van der Waals surface area contributed by atoms with Gasteiger partial charge in [-0.2, -0.15) is 0 Å². The van der Waals surface area contributed by atoms with Crippen LogP contribution in [0, 0.1) is 5.82 Å². The fourth-order valence-corrected chi connectivity index (χ4v) is 2.08. The molecule has 6 heteroatoms. The number of amidine groups is 1. The van der Waals surface area contributed by atoms with E-state index in [1.165, 1.54) is 12.1 Å². The van der Waals surface area contributed by atoms with Crippen LogP contribution in [0.2, 0.25) is 0 Å². The maximum absolute atomic E-state index is 13.3. The molecule has 0 bridgehead atoms. The third-order valence-electron chi connectivity index (χ3n) is 2.92. The van der Waals surface area contributed by atoms with Crippen molar-refractivity contribution in [1.29, 1.82) is 0 Å². The minimum Gasteiger partial charge on any atom is -0.409 e. The highest BCUT2D eigenvalue weighted by molar-refractivity contribution is 6.02. The zero-order valence-corrected chi connectivity index (χ0v) is 10.1. The summed E-state index contributed by atoms with van der Waals surface area (Å²) in [4.78, 5) is 2.04. The maximum Gasteiger partial charge on any atom is 0.172 e. The Labute approximate surface area is 105 Å². The molecule has 1 saturated heterocycles. The van der Waals surface area contributed by atoms with Crippen LogP contribution in [-0.2, 0) is 4.74 Å². The monoisotopic (exact) mass is 253 g/mol. The van der Waals surface area contributed by atoms with Gasteiger partial charge in [0, 0.05) is 24.3 Å². The van der Waals surface area contributed by atoms with Crippen LogP contribution in [0.1, 0.15) is 12.5 Å². The van der Waals surface area contributed by atoms with E-state index in [9.17, 15) is 4.39 Å². The van der Waals surface area contributed by atoms with Crippen molar-refractivity contribution in [3.8, 4) is 0 Å². The van der Waals surface area contributed by atoms with Gasteiger partial charge in [0.15, 0.2) is 5.84 Å². The van der Waals surface area contributed by atoms with Crippen LogP contribution in [-0.4, -0.2) is 36.8 Å². The molecule has 3 N–H and O–H groups in total. The van der Waals surface area contributed by atoms with Crippen molar-refractivity contribution in [2.45, 2.75) is 13.0 Å². The molecule has 1 fully saturated rings. The van der Waals surface area contributed by atoms with Gasteiger partial charge in [-0.3, -0.25) is 0 Å². The van der Waals surface area contributed by atoms with Crippen molar-refractivity contribution < 1.29 is 14.3 Å². The summed E-state index contributed by atoms with van der Waals surface area (Å²) in [7, 11) is 0. The van der Waals surface area contributed by atoms with Gasteiger partial charge in [-0.15, -0.1) is 0 Å². The van der Waals surface area contributed by atoms with E-state index in [1.54, 1.807) is 6.07 Å². The Morgan fingerprint density at radius 2 is 2.39 bits per heavy atom. The number of rotatable bonds is 2. The van der Waals surface area contributed by atoms with Gasteiger partial charge in [0.2, 0.25) is 0 Å². The van der Waals surface area contributed by atoms with Crippen molar-refractivity contribution >= 4 is 11.5 Å². The lowest BCUT2D eigenvalue weighted by molar-refractivity contribution is 0.0532. The van der Waals surface area contributed by atoms with E-state index in [0.29, 0.717) is 25.3 Å².